The van der Waals surface area contributed by atoms with Gasteiger partial charge in [0.25, 0.3) is 0 Å². The van der Waals surface area contributed by atoms with Crippen molar-refractivity contribution in [2.75, 3.05) is 24.9 Å². The number of rotatable bonds is 10. The monoisotopic (exact) mass is 580 g/mol. The predicted molar refractivity (Wildman–Crippen MR) is 163 cm³/mol. The van der Waals surface area contributed by atoms with Crippen LogP contribution in [0.3, 0.4) is 0 Å². The fourth-order valence-corrected chi connectivity index (χ4v) is 5.46. The molecule has 222 valence electrons. The van der Waals surface area contributed by atoms with Gasteiger partial charge in [0.1, 0.15) is 11.5 Å². The van der Waals surface area contributed by atoms with Crippen molar-refractivity contribution in [1.82, 2.24) is 20.4 Å². The molecule has 5 rings (SSSR count). The zero-order valence-corrected chi connectivity index (χ0v) is 24.5. The van der Waals surface area contributed by atoms with Gasteiger partial charge in [-0.15, -0.1) is 10.2 Å². The molecule has 2 heterocycles. The number of amides is 2. The maximum atomic E-state index is 12.5. The van der Waals surface area contributed by atoms with E-state index >= 15 is 0 Å². The minimum atomic E-state index is -0.164. The largest absolute Gasteiger partial charge is 0.497 e. The van der Waals surface area contributed by atoms with Gasteiger partial charge in [0, 0.05) is 11.8 Å². The Bertz CT molecular complexity index is 1410. The van der Waals surface area contributed by atoms with E-state index in [1.807, 2.05) is 72.8 Å². The minimum Gasteiger partial charge on any atom is -0.497 e. The lowest BCUT2D eigenvalue weighted by Crippen LogP contribution is -2.17. The molecule has 1 aliphatic rings. The predicted octanol–water partition coefficient (Wildman–Crippen LogP) is 5.48. The van der Waals surface area contributed by atoms with Crippen molar-refractivity contribution in [3.05, 3.63) is 95.3 Å². The van der Waals surface area contributed by atoms with Gasteiger partial charge in [0.05, 0.1) is 38.4 Å². The van der Waals surface area contributed by atoms with E-state index in [2.05, 4.69) is 31.0 Å². The van der Waals surface area contributed by atoms with Crippen molar-refractivity contribution in [2.24, 2.45) is 0 Å². The lowest BCUT2D eigenvalue weighted by atomic mass is 9.88. The quantitative estimate of drug-likeness (QED) is 0.236. The molecule has 10 heteroatoms. The number of benzene rings is 2. The number of nitrogens with zero attached hydrogens (tertiary/aromatic N) is 4. The Morgan fingerprint density at radius 1 is 0.674 bits per heavy atom. The number of hydrogen-bond acceptors (Lipinski definition) is 8. The van der Waals surface area contributed by atoms with E-state index in [4.69, 9.17) is 9.47 Å². The highest BCUT2D eigenvalue weighted by Gasteiger charge is 2.25. The summed E-state index contributed by atoms with van der Waals surface area (Å²) in [5, 5.41) is 23.2. The van der Waals surface area contributed by atoms with E-state index in [0.717, 1.165) is 54.6 Å². The molecular weight excluding hydrogens is 544 g/mol. The summed E-state index contributed by atoms with van der Waals surface area (Å²) >= 11 is 0. The van der Waals surface area contributed by atoms with Crippen molar-refractivity contribution < 1.29 is 19.1 Å². The number of aromatic nitrogens is 4. The van der Waals surface area contributed by atoms with Gasteiger partial charge < -0.3 is 20.1 Å². The van der Waals surface area contributed by atoms with Crippen LogP contribution in [0, 0.1) is 0 Å². The Hall–Kier alpha value is -4.86. The number of anilines is 2. The summed E-state index contributed by atoms with van der Waals surface area (Å²) in [5.41, 5.74) is 3.54. The van der Waals surface area contributed by atoms with Crippen LogP contribution >= 0.6 is 0 Å². The Morgan fingerprint density at radius 2 is 1.14 bits per heavy atom. The summed E-state index contributed by atoms with van der Waals surface area (Å²) in [6, 6.07) is 22.4. The second kappa shape index (κ2) is 14.4. The molecule has 10 nitrogen and oxygen atoms in total. The maximum Gasteiger partial charge on any atom is 0.229 e. The summed E-state index contributed by atoms with van der Waals surface area (Å²) in [4.78, 5) is 25.1. The molecule has 0 saturated heterocycles. The highest BCUT2D eigenvalue weighted by Crippen LogP contribution is 2.38. The Labute approximate surface area is 251 Å². The molecule has 1 saturated carbocycles. The Morgan fingerprint density at radius 3 is 1.53 bits per heavy atom. The number of carbonyl (C=O) groups excluding carboxylic acids is 2. The third kappa shape index (κ3) is 8.34. The van der Waals surface area contributed by atoms with Crippen LogP contribution in [0.1, 0.15) is 66.5 Å². The molecule has 0 radical (unpaired) electrons. The summed E-state index contributed by atoms with van der Waals surface area (Å²) < 4.78 is 10.5. The molecule has 0 spiro atoms. The van der Waals surface area contributed by atoms with Crippen molar-refractivity contribution >= 4 is 23.5 Å². The molecule has 2 aromatic heterocycles. The van der Waals surface area contributed by atoms with Crippen LogP contribution in [0.25, 0.3) is 0 Å². The number of hydrogen-bond donors (Lipinski definition) is 2. The van der Waals surface area contributed by atoms with Crippen LogP contribution in [-0.2, 0) is 22.4 Å². The van der Waals surface area contributed by atoms with Crippen LogP contribution in [0.4, 0.5) is 11.6 Å². The van der Waals surface area contributed by atoms with Gasteiger partial charge in [0.2, 0.25) is 11.8 Å². The molecular formula is C33H36N6O4. The first-order valence-electron chi connectivity index (χ1n) is 14.5. The van der Waals surface area contributed by atoms with Crippen molar-refractivity contribution in [3.63, 3.8) is 0 Å². The molecule has 0 bridgehead atoms. The van der Waals surface area contributed by atoms with E-state index < -0.39 is 0 Å². The molecule has 2 N–H and O–H groups in total. The van der Waals surface area contributed by atoms with Gasteiger partial charge >= 0.3 is 0 Å². The van der Waals surface area contributed by atoms with E-state index in [9.17, 15) is 9.59 Å². The van der Waals surface area contributed by atoms with Crippen LogP contribution in [0.5, 0.6) is 11.5 Å². The van der Waals surface area contributed by atoms with Gasteiger partial charge in [0.15, 0.2) is 11.6 Å². The lowest BCUT2D eigenvalue weighted by Gasteiger charge is -2.19. The van der Waals surface area contributed by atoms with E-state index in [-0.39, 0.29) is 36.5 Å². The normalized spacial score (nSPS) is 16.5. The zero-order chi connectivity index (χ0) is 30.0. The summed E-state index contributed by atoms with van der Waals surface area (Å²) in [6.07, 6.45) is 5.53. The summed E-state index contributed by atoms with van der Waals surface area (Å²) in [5.74, 6) is 2.41. The Kier molecular flexibility index (Phi) is 9.89. The average molecular weight is 581 g/mol. The standard InChI is InChI=1S/C33H36N6O4/c1-42-26-11-5-7-22(17-26)19-32(40)34-30-15-13-28(36-38-30)24-9-3-4-10-25(21-24)29-14-16-31(39-37-29)35-33(41)20-23-8-6-12-27(18-23)43-2/h5-8,11-18,24-25H,3-4,9-10,19-21H2,1-2H3,(H,34,38,40)(H,35,39,41)/t24-,25+. The number of ether oxygens (including phenoxy) is 2. The summed E-state index contributed by atoms with van der Waals surface area (Å²) in [7, 11) is 3.20. The molecule has 0 unspecified atom stereocenters. The molecule has 1 aliphatic carbocycles. The van der Waals surface area contributed by atoms with Crippen molar-refractivity contribution in [1.29, 1.82) is 0 Å². The highest BCUT2D eigenvalue weighted by molar-refractivity contribution is 5.91. The number of carbonyl (C=O) groups is 2. The van der Waals surface area contributed by atoms with Crippen LogP contribution in [0.2, 0.25) is 0 Å². The fraction of sp³-hybridized carbons (Fsp3) is 0.333. The van der Waals surface area contributed by atoms with Crippen molar-refractivity contribution in [3.8, 4) is 11.5 Å². The van der Waals surface area contributed by atoms with Gasteiger partial charge in [-0.05, 0) is 78.9 Å². The molecule has 2 aromatic carbocycles. The first kappa shape index (κ1) is 29.6. The van der Waals surface area contributed by atoms with E-state index in [1.54, 1.807) is 14.2 Å². The van der Waals surface area contributed by atoms with Gasteiger partial charge in [-0.25, -0.2) is 0 Å². The third-order valence-corrected chi connectivity index (χ3v) is 7.66. The first-order valence-corrected chi connectivity index (χ1v) is 14.5. The first-order chi connectivity index (χ1) is 21.0. The van der Waals surface area contributed by atoms with Crippen molar-refractivity contribution in [2.45, 2.75) is 56.8 Å². The second-order valence-electron chi connectivity index (χ2n) is 10.8. The molecule has 2 atom stereocenters. The zero-order valence-electron chi connectivity index (χ0n) is 24.5. The summed E-state index contributed by atoms with van der Waals surface area (Å²) in [6.45, 7) is 0. The van der Waals surface area contributed by atoms with Crippen LogP contribution in [0.15, 0.2) is 72.8 Å². The molecule has 43 heavy (non-hydrogen) atoms. The van der Waals surface area contributed by atoms with Gasteiger partial charge in [-0.1, -0.05) is 37.1 Å². The number of nitrogens with one attached hydrogen (secondary N) is 2. The molecule has 0 aliphatic heterocycles. The number of methoxy groups -OCH3 is 2. The average Bonchev–Trinajstić information content (AvgIpc) is 3.28. The third-order valence-electron chi connectivity index (χ3n) is 7.66. The molecule has 2 amide bonds. The SMILES string of the molecule is COc1cccc(CC(=O)Nc2ccc([C@@H]3CCCC[C@H](c4ccc(NC(=O)Cc5cccc(OC)c5)nn4)C3)nn2)c1. The fourth-order valence-electron chi connectivity index (χ4n) is 5.46. The van der Waals surface area contributed by atoms with Crippen LogP contribution < -0.4 is 20.1 Å². The maximum absolute atomic E-state index is 12.5. The van der Waals surface area contributed by atoms with Gasteiger partial charge in [-0.3, -0.25) is 9.59 Å². The Balaban J connectivity index is 1.16. The van der Waals surface area contributed by atoms with E-state index in [1.165, 1.54) is 0 Å². The topological polar surface area (TPSA) is 128 Å². The highest BCUT2D eigenvalue weighted by atomic mass is 16.5. The smallest absolute Gasteiger partial charge is 0.229 e. The molecule has 1 fully saturated rings. The van der Waals surface area contributed by atoms with Crippen LogP contribution in [-0.4, -0.2) is 46.4 Å². The second-order valence-corrected chi connectivity index (χ2v) is 10.8. The van der Waals surface area contributed by atoms with Gasteiger partial charge in [-0.2, -0.15) is 10.2 Å². The molecule has 4 aromatic rings. The minimum absolute atomic E-state index is 0.164. The lowest BCUT2D eigenvalue weighted by molar-refractivity contribution is -0.116. The van der Waals surface area contributed by atoms with E-state index in [0.29, 0.717) is 23.1 Å².